The number of nitrogens with one attached hydrogen (secondary N) is 1. The minimum absolute atomic E-state index is 0.0167. The van der Waals surface area contributed by atoms with Crippen molar-refractivity contribution in [2.24, 2.45) is 0 Å². The van der Waals surface area contributed by atoms with Gasteiger partial charge in [0.05, 0.1) is 15.8 Å². The molecule has 0 spiro atoms. The monoisotopic (exact) mass is 316 g/mol. The third kappa shape index (κ3) is 4.26. The molecule has 0 aliphatic carbocycles. The van der Waals surface area contributed by atoms with Crippen LogP contribution in [0.25, 0.3) is 0 Å². The Labute approximate surface area is 134 Å². The second kappa shape index (κ2) is 7.33. The van der Waals surface area contributed by atoms with E-state index in [-0.39, 0.29) is 17.7 Å². The zero-order valence-corrected chi connectivity index (χ0v) is 13.8. The van der Waals surface area contributed by atoms with Crippen molar-refractivity contribution in [3.63, 3.8) is 0 Å². The van der Waals surface area contributed by atoms with Gasteiger partial charge in [-0.2, -0.15) is 0 Å². The van der Waals surface area contributed by atoms with Crippen LogP contribution in [0.1, 0.15) is 37.9 Å². The zero-order valence-electron chi connectivity index (χ0n) is 13.0. The number of carbonyl (C=O) groups is 2. The van der Waals surface area contributed by atoms with Crippen molar-refractivity contribution in [1.82, 2.24) is 10.2 Å². The van der Waals surface area contributed by atoms with Crippen LogP contribution in [0, 0.1) is 0 Å². The van der Waals surface area contributed by atoms with E-state index in [1.807, 2.05) is 49.3 Å². The van der Waals surface area contributed by atoms with Crippen molar-refractivity contribution in [2.75, 3.05) is 20.6 Å². The molecule has 5 heteroatoms. The fraction of sp³-hybridized carbons (Fsp3) is 0.294. The van der Waals surface area contributed by atoms with Crippen LogP contribution in [-0.2, 0) is 0 Å². The van der Waals surface area contributed by atoms with Crippen LogP contribution in [0.4, 0.5) is 0 Å². The fourth-order valence-corrected chi connectivity index (χ4v) is 2.97. The third-order valence-corrected chi connectivity index (χ3v) is 4.42. The minimum atomic E-state index is -0.145. The molecule has 116 valence electrons. The van der Waals surface area contributed by atoms with Gasteiger partial charge in [-0.15, -0.1) is 11.3 Å². The summed E-state index contributed by atoms with van der Waals surface area (Å²) in [6, 6.07) is 13.2. The molecule has 0 radical (unpaired) electrons. The van der Waals surface area contributed by atoms with E-state index in [4.69, 9.17) is 0 Å². The van der Waals surface area contributed by atoms with Crippen LogP contribution < -0.4 is 5.32 Å². The Morgan fingerprint density at radius 1 is 1.09 bits per heavy atom. The number of rotatable bonds is 6. The second-order valence-electron chi connectivity index (χ2n) is 5.42. The average Bonchev–Trinajstić information content (AvgIpc) is 2.97. The molecule has 2 rings (SSSR count). The molecule has 0 bridgehead atoms. The van der Waals surface area contributed by atoms with Gasteiger partial charge in [-0.25, -0.2) is 0 Å². The number of Topliss-reactive ketones (excluding diaryl/α,β-unsaturated/α-hetero) is 1. The molecule has 1 atom stereocenters. The maximum atomic E-state index is 12.4. The van der Waals surface area contributed by atoms with Crippen molar-refractivity contribution >= 4 is 23.0 Å². The molecular formula is C17H20N2O2S. The maximum absolute atomic E-state index is 12.4. The SMILES string of the molecule is CC(=O)c1ccc(C(=O)N[C@H](CN(C)C)c2ccccc2)s1. The first-order chi connectivity index (χ1) is 10.5. The van der Waals surface area contributed by atoms with Crippen LogP contribution in [0.3, 0.4) is 0 Å². The number of hydrogen-bond donors (Lipinski definition) is 1. The third-order valence-electron chi connectivity index (χ3n) is 3.23. The summed E-state index contributed by atoms with van der Waals surface area (Å²) in [6.45, 7) is 2.22. The van der Waals surface area contributed by atoms with Crippen molar-refractivity contribution in [1.29, 1.82) is 0 Å². The first kappa shape index (κ1) is 16.4. The smallest absolute Gasteiger partial charge is 0.261 e. The van der Waals surface area contributed by atoms with Crippen LogP contribution in [0.15, 0.2) is 42.5 Å². The highest BCUT2D eigenvalue weighted by Crippen LogP contribution is 2.19. The maximum Gasteiger partial charge on any atom is 0.261 e. The Bertz CT molecular complexity index is 650. The molecule has 1 aromatic carbocycles. The van der Waals surface area contributed by atoms with Gasteiger partial charge in [0, 0.05) is 6.54 Å². The summed E-state index contributed by atoms with van der Waals surface area (Å²) in [6.07, 6.45) is 0. The molecule has 2 aromatic rings. The van der Waals surface area contributed by atoms with E-state index in [1.165, 1.54) is 18.3 Å². The van der Waals surface area contributed by atoms with Gasteiger partial charge in [-0.05, 0) is 38.7 Å². The van der Waals surface area contributed by atoms with Gasteiger partial charge in [0.1, 0.15) is 0 Å². The molecule has 0 aliphatic rings. The molecule has 0 saturated heterocycles. The van der Waals surface area contributed by atoms with Crippen LogP contribution in [0.2, 0.25) is 0 Å². The lowest BCUT2D eigenvalue weighted by Gasteiger charge is -2.22. The number of thiophene rings is 1. The number of likely N-dealkylation sites (N-methyl/N-ethyl adjacent to an activating group) is 1. The summed E-state index contributed by atoms with van der Waals surface area (Å²) in [5.74, 6) is -0.162. The highest BCUT2D eigenvalue weighted by Gasteiger charge is 2.18. The largest absolute Gasteiger partial charge is 0.343 e. The molecule has 4 nitrogen and oxygen atoms in total. The van der Waals surface area contributed by atoms with Crippen molar-refractivity contribution in [3.8, 4) is 0 Å². The molecular weight excluding hydrogens is 296 g/mol. The van der Waals surface area contributed by atoms with Crippen LogP contribution in [0.5, 0.6) is 0 Å². The summed E-state index contributed by atoms with van der Waals surface area (Å²) < 4.78 is 0. The molecule has 0 unspecified atom stereocenters. The predicted molar refractivity (Wildman–Crippen MR) is 89.5 cm³/mol. The quantitative estimate of drug-likeness (QED) is 0.834. The van der Waals surface area contributed by atoms with Gasteiger partial charge in [0.25, 0.3) is 5.91 Å². The molecule has 1 aromatic heterocycles. The van der Waals surface area contributed by atoms with Gasteiger partial charge >= 0.3 is 0 Å². The predicted octanol–water partition coefficient (Wildman–Crippen LogP) is 2.98. The van der Waals surface area contributed by atoms with E-state index in [2.05, 4.69) is 5.32 Å². The van der Waals surface area contributed by atoms with E-state index in [9.17, 15) is 9.59 Å². The molecule has 0 aliphatic heterocycles. The number of ketones is 1. The van der Waals surface area contributed by atoms with E-state index >= 15 is 0 Å². The lowest BCUT2D eigenvalue weighted by Crippen LogP contribution is -2.34. The number of hydrogen-bond acceptors (Lipinski definition) is 4. The summed E-state index contributed by atoms with van der Waals surface area (Å²) in [5, 5.41) is 3.05. The van der Waals surface area contributed by atoms with E-state index < -0.39 is 0 Å². The molecule has 0 fully saturated rings. The van der Waals surface area contributed by atoms with Gasteiger partial charge in [0.2, 0.25) is 0 Å². The lowest BCUT2D eigenvalue weighted by molar-refractivity contribution is 0.0933. The first-order valence-electron chi connectivity index (χ1n) is 7.08. The summed E-state index contributed by atoms with van der Waals surface area (Å²) >= 11 is 1.23. The normalized spacial score (nSPS) is 12.2. The Morgan fingerprint density at radius 2 is 1.73 bits per heavy atom. The lowest BCUT2D eigenvalue weighted by atomic mass is 10.1. The number of benzene rings is 1. The van der Waals surface area contributed by atoms with Crippen molar-refractivity contribution in [2.45, 2.75) is 13.0 Å². The van der Waals surface area contributed by atoms with E-state index in [0.29, 0.717) is 16.3 Å². The Balaban J connectivity index is 2.15. The van der Waals surface area contributed by atoms with Crippen LogP contribution in [-0.4, -0.2) is 37.2 Å². The standard InChI is InChI=1S/C17H20N2O2S/c1-12(20)15-9-10-16(22-15)17(21)18-14(11-19(2)3)13-7-5-4-6-8-13/h4-10,14H,11H2,1-3H3,(H,18,21)/t14-/m1/s1. The highest BCUT2D eigenvalue weighted by atomic mass is 32.1. The first-order valence-corrected chi connectivity index (χ1v) is 7.90. The average molecular weight is 316 g/mol. The highest BCUT2D eigenvalue weighted by molar-refractivity contribution is 7.15. The zero-order chi connectivity index (χ0) is 16.1. The second-order valence-corrected chi connectivity index (χ2v) is 6.50. The number of carbonyl (C=O) groups excluding carboxylic acids is 2. The Kier molecular flexibility index (Phi) is 5.46. The van der Waals surface area contributed by atoms with E-state index in [1.54, 1.807) is 12.1 Å². The van der Waals surface area contributed by atoms with Crippen molar-refractivity contribution in [3.05, 3.63) is 57.8 Å². The fourth-order valence-electron chi connectivity index (χ4n) is 2.16. The van der Waals surface area contributed by atoms with E-state index in [0.717, 1.165) is 5.56 Å². The molecule has 1 N–H and O–H groups in total. The summed E-state index contributed by atoms with van der Waals surface area (Å²) in [4.78, 5) is 27.0. The number of amides is 1. The Morgan fingerprint density at radius 3 is 2.27 bits per heavy atom. The topological polar surface area (TPSA) is 49.4 Å². The molecule has 1 heterocycles. The van der Waals surface area contributed by atoms with Gasteiger partial charge in [0.15, 0.2) is 5.78 Å². The molecule has 1 amide bonds. The Hall–Kier alpha value is -1.98. The van der Waals surface area contributed by atoms with Crippen molar-refractivity contribution < 1.29 is 9.59 Å². The molecule has 0 saturated carbocycles. The number of nitrogens with zero attached hydrogens (tertiary/aromatic N) is 1. The molecule has 22 heavy (non-hydrogen) atoms. The van der Waals surface area contributed by atoms with Gasteiger partial charge < -0.3 is 10.2 Å². The van der Waals surface area contributed by atoms with Crippen LogP contribution >= 0.6 is 11.3 Å². The van der Waals surface area contributed by atoms with Gasteiger partial charge in [-0.3, -0.25) is 9.59 Å². The minimum Gasteiger partial charge on any atom is -0.343 e. The van der Waals surface area contributed by atoms with Gasteiger partial charge in [-0.1, -0.05) is 30.3 Å². The summed E-state index contributed by atoms with van der Waals surface area (Å²) in [7, 11) is 3.95. The summed E-state index contributed by atoms with van der Waals surface area (Å²) in [5.41, 5.74) is 1.06.